The van der Waals surface area contributed by atoms with Gasteiger partial charge in [0.05, 0.1) is 0 Å². The third-order valence-corrected chi connectivity index (χ3v) is 0.894. The van der Waals surface area contributed by atoms with Gasteiger partial charge in [-0.1, -0.05) is 5.92 Å². The van der Waals surface area contributed by atoms with Crippen molar-refractivity contribution in [3.63, 3.8) is 0 Å². The molecule has 0 amide bonds. The zero-order valence-corrected chi connectivity index (χ0v) is 5.15. The van der Waals surface area contributed by atoms with Crippen LogP contribution in [0.3, 0.4) is 0 Å². The standard InChI is InChI=1S/C6H7F3O/c1-2-5(10)3-4-6(7,8)9/h1,5,10H,3-4H2. The minimum absolute atomic E-state index is 0.417. The molecule has 0 saturated heterocycles. The lowest BCUT2D eigenvalue weighted by Gasteiger charge is -2.06. The highest BCUT2D eigenvalue weighted by atomic mass is 19.4. The second kappa shape index (κ2) is 3.47. The molecule has 1 N–H and O–H groups in total. The Labute approximate surface area is 56.9 Å². The number of terminal acetylenes is 1. The van der Waals surface area contributed by atoms with Crippen LogP contribution in [0.15, 0.2) is 0 Å². The van der Waals surface area contributed by atoms with Crippen LogP contribution >= 0.6 is 0 Å². The summed E-state index contributed by atoms with van der Waals surface area (Å²) >= 11 is 0. The van der Waals surface area contributed by atoms with Crippen molar-refractivity contribution in [3.05, 3.63) is 0 Å². The molecule has 10 heavy (non-hydrogen) atoms. The number of alkyl halides is 3. The molecule has 0 heterocycles. The molecule has 58 valence electrons. The predicted octanol–water partition coefficient (Wildman–Crippen LogP) is 1.32. The number of hydrogen-bond acceptors (Lipinski definition) is 1. The molecule has 1 nitrogen and oxygen atoms in total. The molecule has 0 aromatic rings. The second-order valence-electron chi connectivity index (χ2n) is 1.84. The van der Waals surface area contributed by atoms with E-state index >= 15 is 0 Å². The van der Waals surface area contributed by atoms with Crippen molar-refractivity contribution < 1.29 is 18.3 Å². The van der Waals surface area contributed by atoms with E-state index in [4.69, 9.17) is 5.11 Å². The van der Waals surface area contributed by atoms with Gasteiger partial charge in [-0.3, -0.25) is 0 Å². The zero-order chi connectivity index (χ0) is 8.20. The van der Waals surface area contributed by atoms with Gasteiger partial charge < -0.3 is 5.11 Å². The van der Waals surface area contributed by atoms with Gasteiger partial charge in [-0.05, 0) is 6.42 Å². The minimum atomic E-state index is -4.22. The fourth-order valence-electron chi connectivity index (χ4n) is 0.384. The Hall–Kier alpha value is -0.690. The zero-order valence-electron chi connectivity index (χ0n) is 5.15. The molecular formula is C6H7F3O. The normalized spacial score (nSPS) is 14.3. The van der Waals surface area contributed by atoms with Crippen LogP contribution in [0, 0.1) is 12.3 Å². The SMILES string of the molecule is C#CC(O)CCC(F)(F)F. The molecule has 1 atom stereocenters. The van der Waals surface area contributed by atoms with E-state index in [1.54, 1.807) is 5.92 Å². The average Bonchev–Trinajstić information content (AvgIpc) is 1.81. The van der Waals surface area contributed by atoms with Crippen molar-refractivity contribution in [2.24, 2.45) is 0 Å². The summed E-state index contributed by atoms with van der Waals surface area (Å²) in [6.45, 7) is 0. The molecular weight excluding hydrogens is 145 g/mol. The van der Waals surface area contributed by atoms with E-state index in [1.165, 1.54) is 0 Å². The summed E-state index contributed by atoms with van der Waals surface area (Å²) < 4.78 is 34.1. The van der Waals surface area contributed by atoms with Gasteiger partial charge in [0.15, 0.2) is 0 Å². The molecule has 0 rings (SSSR count). The number of aliphatic hydroxyl groups excluding tert-OH is 1. The van der Waals surface area contributed by atoms with E-state index in [1.807, 2.05) is 0 Å². The van der Waals surface area contributed by atoms with Gasteiger partial charge in [0.1, 0.15) is 6.10 Å². The minimum Gasteiger partial charge on any atom is -0.380 e. The van der Waals surface area contributed by atoms with Gasteiger partial charge in [0.2, 0.25) is 0 Å². The summed E-state index contributed by atoms with van der Waals surface area (Å²) in [6.07, 6.45) is -2.31. The molecule has 1 unspecified atom stereocenters. The molecule has 0 spiro atoms. The highest BCUT2D eigenvalue weighted by Gasteiger charge is 2.27. The third-order valence-electron chi connectivity index (χ3n) is 0.894. The summed E-state index contributed by atoms with van der Waals surface area (Å²) in [5, 5.41) is 8.49. The van der Waals surface area contributed by atoms with Crippen LogP contribution in [0.5, 0.6) is 0 Å². The summed E-state index contributed by atoms with van der Waals surface area (Å²) in [5.41, 5.74) is 0. The Morgan fingerprint density at radius 2 is 2.00 bits per heavy atom. The van der Waals surface area contributed by atoms with Crippen molar-refractivity contribution >= 4 is 0 Å². The summed E-state index contributed by atoms with van der Waals surface area (Å²) in [6, 6.07) is 0. The van der Waals surface area contributed by atoms with Gasteiger partial charge >= 0.3 is 6.18 Å². The molecule has 0 aliphatic heterocycles. The van der Waals surface area contributed by atoms with E-state index in [2.05, 4.69) is 6.42 Å². The molecule has 0 bridgehead atoms. The molecule has 0 aliphatic rings. The van der Waals surface area contributed by atoms with Crippen molar-refractivity contribution in [3.8, 4) is 12.3 Å². The van der Waals surface area contributed by atoms with Gasteiger partial charge in [0, 0.05) is 6.42 Å². The average molecular weight is 152 g/mol. The number of halogens is 3. The molecule has 0 radical (unpaired) electrons. The smallest absolute Gasteiger partial charge is 0.380 e. The number of aliphatic hydroxyl groups is 1. The van der Waals surface area contributed by atoms with Gasteiger partial charge in [-0.2, -0.15) is 13.2 Å². The Bertz CT molecular complexity index is 133. The largest absolute Gasteiger partial charge is 0.389 e. The Morgan fingerprint density at radius 1 is 1.50 bits per heavy atom. The quantitative estimate of drug-likeness (QED) is 0.591. The maximum absolute atomic E-state index is 11.4. The van der Waals surface area contributed by atoms with Gasteiger partial charge in [-0.25, -0.2) is 0 Å². The first-order valence-electron chi connectivity index (χ1n) is 2.66. The molecule has 0 fully saturated rings. The lowest BCUT2D eigenvalue weighted by molar-refractivity contribution is -0.138. The molecule has 0 aromatic carbocycles. The molecule has 0 aromatic heterocycles. The second-order valence-corrected chi connectivity index (χ2v) is 1.84. The van der Waals surface area contributed by atoms with E-state index in [0.29, 0.717) is 0 Å². The maximum atomic E-state index is 11.4. The first-order valence-corrected chi connectivity index (χ1v) is 2.66. The maximum Gasteiger partial charge on any atom is 0.389 e. The predicted molar refractivity (Wildman–Crippen MR) is 30.1 cm³/mol. The van der Waals surface area contributed by atoms with E-state index in [-0.39, 0.29) is 0 Å². The molecule has 0 saturated carbocycles. The summed E-state index contributed by atoms with van der Waals surface area (Å²) in [4.78, 5) is 0. The van der Waals surface area contributed by atoms with E-state index in [9.17, 15) is 13.2 Å². The first kappa shape index (κ1) is 9.31. The Kier molecular flexibility index (Phi) is 3.23. The first-order chi connectivity index (χ1) is 4.45. The van der Waals surface area contributed by atoms with Crippen molar-refractivity contribution in [1.82, 2.24) is 0 Å². The van der Waals surface area contributed by atoms with Crippen molar-refractivity contribution in [2.75, 3.05) is 0 Å². The van der Waals surface area contributed by atoms with E-state index in [0.717, 1.165) is 0 Å². The number of rotatable bonds is 2. The van der Waals surface area contributed by atoms with Gasteiger partial charge in [0.25, 0.3) is 0 Å². The van der Waals surface area contributed by atoms with Crippen LogP contribution in [0.2, 0.25) is 0 Å². The van der Waals surface area contributed by atoms with Crippen molar-refractivity contribution in [1.29, 1.82) is 0 Å². The van der Waals surface area contributed by atoms with Crippen LogP contribution in [0.4, 0.5) is 13.2 Å². The van der Waals surface area contributed by atoms with Crippen LogP contribution in [0.1, 0.15) is 12.8 Å². The lowest BCUT2D eigenvalue weighted by atomic mass is 10.2. The van der Waals surface area contributed by atoms with Crippen LogP contribution in [-0.4, -0.2) is 17.4 Å². The molecule has 0 aliphatic carbocycles. The van der Waals surface area contributed by atoms with Crippen molar-refractivity contribution in [2.45, 2.75) is 25.1 Å². The third kappa shape index (κ3) is 5.45. The highest BCUT2D eigenvalue weighted by molar-refractivity contribution is 4.93. The summed E-state index contributed by atoms with van der Waals surface area (Å²) in [5.74, 6) is 1.79. The lowest BCUT2D eigenvalue weighted by Crippen LogP contribution is -2.12. The monoisotopic (exact) mass is 152 g/mol. The highest BCUT2D eigenvalue weighted by Crippen LogP contribution is 2.21. The van der Waals surface area contributed by atoms with Gasteiger partial charge in [-0.15, -0.1) is 6.42 Å². The Morgan fingerprint density at radius 3 is 2.30 bits per heavy atom. The van der Waals surface area contributed by atoms with Crippen LogP contribution in [-0.2, 0) is 0 Å². The van der Waals surface area contributed by atoms with E-state index < -0.39 is 25.1 Å². The summed E-state index contributed by atoms with van der Waals surface area (Å²) in [7, 11) is 0. The Balaban J connectivity index is 3.48. The fourth-order valence-corrected chi connectivity index (χ4v) is 0.384. The topological polar surface area (TPSA) is 20.2 Å². The molecule has 4 heteroatoms. The number of hydrogen-bond donors (Lipinski definition) is 1. The van der Waals surface area contributed by atoms with Crippen LogP contribution in [0.25, 0.3) is 0 Å². The van der Waals surface area contributed by atoms with Crippen LogP contribution < -0.4 is 0 Å². The fraction of sp³-hybridized carbons (Fsp3) is 0.667.